The van der Waals surface area contributed by atoms with Gasteiger partial charge in [-0.2, -0.15) is 0 Å². The summed E-state index contributed by atoms with van der Waals surface area (Å²) in [5.41, 5.74) is 2.59. The van der Waals surface area contributed by atoms with E-state index in [-0.39, 0.29) is 6.09 Å². The minimum atomic E-state index is -0.568. The van der Waals surface area contributed by atoms with E-state index in [1.165, 1.54) is 5.56 Å². The molecule has 2 aromatic carbocycles. The van der Waals surface area contributed by atoms with Crippen molar-refractivity contribution in [2.45, 2.75) is 31.4 Å². The highest BCUT2D eigenvalue weighted by Gasteiger charge is 2.50. The van der Waals surface area contributed by atoms with Gasteiger partial charge in [-0.05, 0) is 29.7 Å². The smallest absolute Gasteiger partial charge is 0.415 e. The number of hydrogen-bond donors (Lipinski definition) is 0. The van der Waals surface area contributed by atoms with E-state index in [1.807, 2.05) is 24.3 Å². The third kappa shape index (κ3) is 4.39. The van der Waals surface area contributed by atoms with Crippen LogP contribution in [0.3, 0.4) is 0 Å². The molecule has 2 saturated heterocycles. The Morgan fingerprint density at radius 3 is 2.39 bits per heavy atom. The predicted molar refractivity (Wildman–Crippen MR) is 119 cm³/mol. The first kappa shape index (κ1) is 21.2. The third-order valence-electron chi connectivity index (χ3n) is 6.34. The predicted octanol–water partition coefficient (Wildman–Crippen LogP) is 4.25. The lowest BCUT2D eigenvalue weighted by molar-refractivity contribution is 0.0127. The first-order valence-electron chi connectivity index (χ1n) is 10.7. The number of methoxy groups -OCH3 is 2. The number of likely N-dealkylation sites (tertiary alicyclic amines) is 1. The molecule has 1 spiro atoms. The molecular weight excluding hydrogens is 392 g/mol. The number of carbonyl (C=O) groups is 1. The molecule has 0 atom stereocenters. The van der Waals surface area contributed by atoms with Crippen LogP contribution in [-0.2, 0) is 17.7 Å². The van der Waals surface area contributed by atoms with Gasteiger partial charge in [0.2, 0.25) is 0 Å². The fraction of sp³-hybridized carbons (Fsp3) is 0.400. The fourth-order valence-electron chi connectivity index (χ4n) is 4.45. The number of rotatable bonds is 7. The largest absolute Gasteiger partial charge is 0.493 e. The number of nitrogens with zero attached hydrogens (tertiary/aromatic N) is 2. The van der Waals surface area contributed by atoms with Gasteiger partial charge in [0.05, 0.1) is 19.9 Å². The van der Waals surface area contributed by atoms with Gasteiger partial charge in [-0.15, -0.1) is 0 Å². The average molecular weight is 423 g/mol. The number of hydrogen-bond acceptors (Lipinski definition) is 5. The molecule has 2 aliphatic rings. The second-order valence-electron chi connectivity index (χ2n) is 8.16. The minimum Gasteiger partial charge on any atom is -0.493 e. The summed E-state index contributed by atoms with van der Waals surface area (Å²) in [6.07, 6.45) is 1.95. The van der Waals surface area contributed by atoms with Gasteiger partial charge in [0.25, 0.3) is 0 Å². The zero-order chi connectivity index (χ0) is 21.8. The lowest BCUT2D eigenvalue weighted by Crippen LogP contribution is -2.45. The maximum atomic E-state index is 12.7. The van der Waals surface area contributed by atoms with Crippen molar-refractivity contribution in [1.29, 1.82) is 0 Å². The summed E-state index contributed by atoms with van der Waals surface area (Å²) in [5, 5.41) is 0. The average Bonchev–Trinajstić information content (AvgIpc) is 3.03. The molecule has 6 heteroatoms. The lowest BCUT2D eigenvalue weighted by atomic mass is 9.88. The quantitative estimate of drug-likeness (QED) is 0.668. The Hall–Kier alpha value is -2.99. The highest BCUT2D eigenvalue weighted by Crippen LogP contribution is 2.41. The molecule has 164 valence electrons. The Kier molecular flexibility index (Phi) is 6.18. The van der Waals surface area contributed by atoms with Gasteiger partial charge in [-0.1, -0.05) is 43.0 Å². The summed E-state index contributed by atoms with van der Waals surface area (Å²) < 4.78 is 16.6. The van der Waals surface area contributed by atoms with Crippen LogP contribution >= 0.6 is 0 Å². The van der Waals surface area contributed by atoms with E-state index in [2.05, 4.69) is 35.7 Å². The molecule has 0 bridgehead atoms. The van der Waals surface area contributed by atoms with Crippen molar-refractivity contribution in [2.24, 2.45) is 0 Å². The molecule has 2 aromatic rings. The molecule has 4 rings (SSSR count). The zero-order valence-electron chi connectivity index (χ0n) is 18.3. The summed E-state index contributed by atoms with van der Waals surface area (Å²) in [6, 6.07) is 16.3. The van der Waals surface area contributed by atoms with Crippen molar-refractivity contribution in [3.05, 3.63) is 71.9 Å². The molecule has 6 nitrogen and oxygen atoms in total. The van der Waals surface area contributed by atoms with Crippen molar-refractivity contribution in [3.63, 3.8) is 0 Å². The number of ether oxygens (including phenoxy) is 3. The first-order chi connectivity index (χ1) is 15.0. The van der Waals surface area contributed by atoms with Crippen molar-refractivity contribution < 1.29 is 19.0 Å². The molecular formula is C25H30N2O4. The van der Waals surface area contributed by atoms with E-state index in [4.69, 9.17) is 14.2 Å². The summed E-state index contributed by atoms with van der Waals surface area (Å²) in [4.78, 5) is 16.8. The number of carbonyl (C=O) groups excluding carboxylic acids is 1. The van der Waals surface area contributed by atoms with Gasteiger partial charge in [0, 0.05) is 39.0 Å². The maximum absolute atomic E-state index is 12.7. The Morgan fingerprint density at radius 2 is 1.71 bits per heavy atom. The summed E-state index contributed by atoms with van der Waals surface area (Å²) in [7, 11) is 3.24. The van der Waals surface area contributed by atoms with Crippen LogP contribution in [0.4, 0.5) is 4.79 Å². The Balaban J connectivity index is 1.36. The van der Waals surface area contributed by atoms with Crippen molar-refractivity contribution in [1.82, 2.24) is 9.80 Å². The van der Waals surface area contributed by atoms with Crippen molar-refractivity contribution in [2.75, 3.05) is 33.9 Å². The number of piperidine rings is 1. The highest BCUT2D eigenvalue weighted by molar-refractivity contribution is 5.75. The van der Waals surface area contributed by atoms with Crippen LogP contribution in [0.15, 0.2) is 60.8 Å². The fourth-order valence-corrected chi connectivity index (χ4v) is 4.45. The van der Waals surface area contributed by atoms with Gasteiger partial charge >= 0.3 is 6.09 Å². The van der Waals surface area contributed by atoms with Crippen LogP contribution in [-0.4, -0.2) is 55.3 Å². The molecule has 2 heterocycles. The van der Waals surface area contributed by atoms with Crippen LogP contribution in [0.1, 0.15) is 24.0 Å². The SMILES string of the molecule is C=C1N(CCc2ccc(OC)c(OC)c2)C(=O)OC12CCN(Cc1ccccc1)CC2. The molecule has 0 N–H and O–H groups in total. The molecule has 0 saturated carbocycles. The molecule has 2 aliphatic heterocycles. The van der Waals surface area contributed by atoms with Gasteiger partial charge < -0.3 is 14.2 Å². The van der Waals surface area contributed by atoms with E-state index >= 15 is 0 Å². The summed E-state index contributed by atoms with van der Waals surface area (Å²) >= 11 is 0. The Labute approximate surface area is 184 Å². The Bertz CT molecular complexity index is 936. The van der Waals surface area contributed by atoms with Crippen molar-refractivity contribution >= 4 is 6.09 Å². The van der Waals surface area contributed by atoms with Crippen LogP contribution in [0, 0.1) is 0 Å². The standard InChI is InChI=1S/C25H30N2O4/c1-19-25(12-15-26(16-13-25)18-21-7-5-4-6-8-21)31-24(28)27(19)14-11-20-9-10-22(29-2)23(17-20)30-3/h4-10,17H,1,11-16,18H2,2-3H3. The molecule has 31 heavy (non-hydrogen) atoms. The van der Waals surface area contributed by atoms with Crippen LogP contribution in [0.5, 0.6) is 11.5 Å². The van der Waals surface area contributed by atoms with E-state index in [9.17, 15) is 4.79 Å². The Morgan fingerprint density at radius 1 is 1.00 bits per heavy atom. The van der Waals surface area contributed by atoms with E-state index in [0.29, 0.717) is 24.5 Å². The minimum absolute atomic E-state index is 0.290. The van der Waals surface area contributed by atoms with Gasteiger partial charge in [0.15, 0.2) is 17.1 Å². The van der Waals surface area contributed by atoms with Gasteiger partial charge in [0.1, 0.15) is 0 Å². The third-order valence-corrected chi connectivity index (χ3v) is 6.34. The molecule has 0 aliphatic carbocycles. The zero-order valence-corrected chi connectivity index (χ0v) is 18.3. The van der Waals surface area contributed by atoms with E-state index in [1.54, 1.807) is 19.1 Å². The number of benzene rings is 2. The molecule has 1 amide bonds. The molecule has 2 fully saturated rings. The number of amides is 1. The van der Waals surface area contributed by atoms with Crippen LogP contribution in [0.25, 0.3) is 0 Å². The maximum Gasteiger partial charge on any atom is 0.415 e. The molecule has 0 radical (unpaired) electrons. The van der Waals surface area contributed by atoms with Gasteiger partial charge in [-0.25, -0.2) is 4.79 Å². The summed E-state index contributed by atoms with van der Waals surface area (Å²) in [5.74, 6) is 1.38. The van der Waals surface area contributed by atoms with Crippen LogP contribution in [0.2, 0.25) is 0 Å². The first-order valence-corrected chi connectivity index (χ1v) is 10.7. The van der Waals surface area contributed by atoms with Gasteiger partial charge in [-0.3, -0.25) is 9.80 Å². The second-order valence-corrected chi connectivity index (χ2v) is 8.16. The summed E-state index contributed by atoms with van der Waals surface area (Å²) in [6.45, 7) is 7.47. The van der Waals surface area contributed by atoms with E-state index < -0.39 is 5.60 Å². The molecule has 0 aromatic heterocycles. The monoisotopic (exact) mass is 422 g/mol. The normalized spacial score (nSPS) is 18.3. The van der Waals surface area contributed by atoms with E-state index in [0.717, 1.165) is 43.7 Å². The van der Waals surface area contributed by atoms with Crippen molar-refractivity contribution in [3.8, 4) is 11.5 Å². The second kappa shape index (κ2) is 9.02. The molecule has 0 unspecified atom stereocenters. The lowest BCUT2D eigenvalue weighted by Gasteiger charge is -2.38. The highest BCUT2D eigenvalue weighted by atomic mass is 16.6. The topological polar surface area (TPSA) is 51.2 Å². The van der Waals surface area contributed by atoms with Crippen LogP contribution < -0.4 is 9.47 Å².